The maximum Gasteiger partial charge on any atom is 0.221 e. The molecule has 0 atom stereocenters. The van der Waals surface area contributed by atoms with Gasteiger partial charge in [-0.3, -0.25) is 4.79 Å². The van der Waals surface area contributed by atoms with E-state index in [-0.39, 0.29) is 5.91 Å². The Bertz CT molecular complexity index is 816. The number of nitrogens with zero attached hydrogens (tertiary/aromatic N) is 1. The summed E-state index contributed by atoms with van der Waals surface area (Å²) in [6.07, 6.45) is 0. The highest BCUT2D eigenvalue weighted by atomic mass is 35.5. The zero-order chi connectivity index (χ0) is 14.8. The Labute approximate surface area is 130 Å². The van der Waals surface area contributed by atoms with Crippen molar-refractivity contribution in [2.45, 2.75) is 6.92 Å². The number of hydrogen-bond acceptors (Lipinski definition) is 4. The smallest absolute Gasteiger partial charge is 0.221 e. The summed E-state index contributed by atoms with van der Waals surface area (Å²) in [5.41, 5.74) is 2.52. The first-order chi connectivity index (χ1) is 10.1. The maximum absolute atomic E-state index is 11.1. The lowest BCUT2D eigenvalue weighted by molar-refractivity contribution is -0.114. The summed E-state index contributed by atoms with van der Waals surface area (Å²) < 4.78 is 1.03. The monoisotopic (exact) mass is 317 g/mol. The highest BCUT2D eigenvalue weighted by Crippen LogP contribution is 2.30. The van der Waals surface area contributed by atoms with E-state index in [1.807, 2.05) is 42.5 Å². The average Bonchev–Trinajstić information content (AvgIpc) is 2.79. The Kier molecular flexibility index (Phi) is 3.77. The van der Waals surface area contributed by atoms with Gasteiger partial charge in [-0.05, 0) is 36.4 Å². The van der Waals surface area contributed by atoms with Gasteiger partial charge in [0.25, 0.3) is 0 Å². The standard InChI is InChI=1S/C15H12ClN3OS/c1-9(20)17-11-3-2-4-12(8-11)18-15-19-13-6-5-10(16)7-14(13)21-15/h2-8H,1H3,(H,17,20)(H,18,19). The van der Waals surface area contributed by atoms with Crippen LogP contribution in [0, 0.1) is 0 Å². The molecule has 0 bridgehead atoms. The second kappa shape index (κ2) is 5.71. The molecule has 1 amide bonds. The molecule has 1 aromatic heterocycles. The number of benzene rings is 2. The first-order valence-electron chi connectivity index (χ1n) is 6.31. The fraction of sp³-hybridized carbons (Fsp3) is 0.0667. The van der Waals surface area contributed by atoms with Crippen molar-refractivity contribution in [2.75, 3.05) is 10.6 Å². The van der Waals surface area contributed by atoms with Gasteiger partial charge in [0.05, 0.1) is 10.2 Å². The molecule has 0 saturated heterocycles. The highest BCUT2D eigenvalue weighted by Gasteiger charge is 2.05. The molecule has 0 radical (unpaired) electrons. The van der Waals surface area contributed by atoms with Crippen molar-refractivity contribution in [2.24, 2.45) is 0 Å². The van der Waals surface area contributed by atoms with Gasteiger partial charge in [0.15, 0.2) is 5.13 Å². The summed E-state index contributed by atoms with van der Waals surface area (Å²) in [5.74, 6) is -0.0956. The Morgan fingerprint density at radius 2 is 2.00 bits per heavy atom. The largest absolute Gasteiger partial charge is 0.331 e. The number of hydrogen-bond donors (Lipinski definition) is 2. The van der Waals surface area contributed by atoms with Crippen LogP contribution in [0.1, 0.15) is 6.92 Å². The van der Waals surface area contributed by atoms with Crippen LogP contribution in [0.5, 0.6) is 0 Å². The summed E-state index contributed by atoms with van der Waals surface area (Å²) in [6, 6.07) is 13.1. The zero-order valence-corrected chi connectivity index (χ0v) is 12.8. The first-order valence-corrected chi connectivity index (χ1v) is 7.50. The quantitative estimate of drug-likeness (QED) is 0.739. The highest BCUT2D eigenvalue weighted by molar-refractivity contribution is 7.22. The predicted molar refractivity (Wildman–Crippen MR) is 88.7 cm³/mol. The number of anilines is 3. The Balaban J connectivity index is 1.86. The number of halogens is 1. The van der Waals surface area contributed by atoms with Gasteiger partial charge in [0, 0.05) is 23.3 Å². The number of carbonyl (C=O) groups excluding carboxylic acids is 1. The average molecular weight is 318 g/mol. The van der Waals surface area contributed by atoms with Crippen LogP contribution in [-0.4, -0.2) is 10.9 Å². The normalized spacial score (nSPS) is 10.6. The number of amides is 1. The molecular weight excluding hydrogens is 306 g/mol. The summed E-state index contributed by atoms with van der Waals surface area (Å²) in [7, 11) is 0. The minimum absolute atomic E-state index is 0.0956. The molecule has 0 saturated carbocycles. The Morgan fingerprint density at radius 1 is 1.19 bits per heavy atom. The van der Waals surface area contributed by atoms with E-state index in [1.54, 1.807) is 0 Å². The van der Waals surface area contributed by atoms with Crippen LogP contribution >= 0.6 is 22.9 Å². The molecule has 2 aromatic carbocycles. The zero-order valence-electron chi connectivity index (χ0n) is 11.2. The van der Waals surface area contributed by atoms with Crippen molar-refractivity contribution in [3.8, 4) is 0 Å². The molecular formula is C15H12ClN3OS. The SMILES string of the molecule is CC(=O)Nc1cccc(Nc2nc3ccc(Cl)cc3s2)c1. The molecule has 0 aliphatic rings. The molecule has 0 aliphatic heterocycles. The topological polar surface area (TPSA) is 54.0 Å². The summed E-state index contributed by atoms with van der Waals surface area (Å²) in [6.45, 7) is 1.48. The van der Waals surface area contributed by atoms with Gasteiger partial charge in [0.2, 0.25) is 5.91 Å². The summed E-state index contributed by atoms with van der Waals surface area (Å²) in [4.78, 5) is 15.6. The van der Waals surface area contributed by atoms with Crippen molar-refractivity contribution in [1.82, 2.24) is 4.98 Å². The van der Waals surface area contributed by atoms with Crippen molar-refractivity contribution in [3.63, 3.8) is 0 Å². The van der Waals surface area contributed by atoms with E-state index in [9.17, 15) is 4.79 Å². The van der Waals surface area contributed by atoms with Gasteiger partial charge in [-0.15, -0.1) is 0 Å². The fourth-order valence-corrected chi connectivity index (χ4v) is 3.12. The molecule has 0 fully saturated rings. The summed E-state index contributed by atoms with van der Waals surface area (Å²) >= 11 is 7.51. The molecule has 1 heterocycles. The van der Waals surface area contributed by atoms with Crippen LogP contribution in [0.15, 0.2) is 42.5 Å². The van der Waals surface area contributed by atoms with E-state index in [1.165, 1.54) is 18.3 Å². The molecule has 0 unspecified atom stereocenters. The molecule has 21 heavy (non-hydrogen) atoms. The number of thiazole rings is 1. The molecule has 6 heteroatoms. The lowest BCUT2D eigenvalue weighted by atomic mass is 10.3. The number of aromatic nitrogens is 1. The number of nitrogens with one attached hydrogen (secondary N) is 2. The lowest BCUT2D eigenvalue weighted by Crippen LogP contribution is -2.05. The van der Waals surface area contributed by atoms with E-state index < -0.39 is 0 Å². The number of fused-ring (bicyclic) bond motifs is 1. The molecule has 3 rings (SSSR count). The van der Waals surface area contributed by atoms with E-state index in [2.05, 4.69) is 15.6 Å². The van der Waals surface area contributed by atoms with Gasteiger partial charge in [-0.2, -0.15) is 0 Å². The third kappa shape index (κ3) is 3.32. The third-order valence-corrected chi connectivity index (χ3v) is 3.95. The number of carbonyl (C=O) groups is 1. The van der Waals surface area contributed by atoms with Gasteiger partial charge in [-0.25, -0.2) is 4.98 Å². The van der Waals surface area contributed by atoms with Gasteiger partial charge in [0.1, 0.15) is 0 Å². The minimum Gasteiger partial charge on any atom is -0.331 e. The molecule has 4 nitrogen and oxygen atoms in total. The molecule has 3 aromatic rings. The second-order valence-corrected chi connectivity index (χ2v) is 5.99. The van der Waals surface area contributed by atoms with Crippen molar-refractivity contribution >= 4 is 55.6 Å². The van der Waals surface area contributed by atoms with Crippen LogP contribution in [0.25, 0.3) is 10.2 Å². The van der Waals surface area contributed by atoms with E-state index in [0.29, 0.717) is 5.02 Å². The van der Waals surface area contributed by atoms with E-state index in [0.717, 1.165) is 26.7 Å². The van der Waals surface area contributed by atoms with Crippen molar-refractivity contribution < 1.29 is 4.79 Å². The van der Waals surface area contributed by atoms with Gasteiger partial charge >= 0.3 is 0 Å². The van der Waals surface area contributed by atoms with Crippen LogP contribution in [-0.2, 0) is 4.79 Å². The Hall–Kier alpha value is -2.11. The van der Waals surface area contributed by atoms with Crippen LogP contribution in [0.3, 0.4) is 0 Å². The van der Waals surface area contributed by atoms with Gasteiger partial charge in [-0.1, -0.05) is 29.0 Å². The maximum atomic E-state index is 11.1. The minimum atomic E-state index is -0.0956. The third-order valence-electron chi connectivity index (χ3n) is 2.78. The van der Waals surface area contributed by atoms with Crippen molar-refractivity contribution in [1.29, 1.82) is 0 Å². The molecule has 0 spiro atoms. The number of rotatable bonds is 3. The fourth-order valence-electron chi connectivity index (χ4n) is 1.95. The van der Waals surface area contributed by atoms with Gasteiger partial charge < -0.3 is 10.6 Å². The molecule has 106 valence electrons. The predicted octanol–water partition coefficient (Wildman–Crippen LogP) is 4.65. The molecule has 0 aliphatic carbocycles. The van der Waals surface area contributed by atoms with E-state index >= 15 is 0 Å². The van der Waals surface area contributed by atoms with Crippen molar-refractivity contribution in [3.05, 3.63) is 47.5 Å². The van der Waals surface area contributed by atoms with Crippen LogP contribution < -0.4 is 10.6 Å². The van der Waals surface area contributed by atoms with E-state index in [4.69, 9.17) is 11.6 Å². The molecule has 2 N–H and O–H groups in total. The second-order valence-electron chi connectivity index (χ2n) is 4.52. The Morgan fingerprint density at radius 3 is 2.81 bits per heavy atom. The lowest BCUT2D eigenvalue weighted by Gasteiger charge is -2.06. The first kappa shape index (κ1) is 13.9. The van der Waals surface area contributed by atoms with Crippen LogP contribution in [0.2, 0.25) is 5.02 Å². The van der Waals surface area contributed by atoms with Crippen LogP contribution in [0.4, 0.5) is 16.5 Å². The summed E-state index contributed by atoms with van der Waals surface area (Å²) in [5, 5.41) is 7.47.